The molecule has 0 aromatic carbocycles. The second-order valence-electron chi connectivity index (χ2n) is 2.85. The number of hydrogen-bond donors (Lipinski definition) is 0. The molecule has 0 spiro atoms. The van der Waals surface area contributed by atoms with E-state index in [4.69, 9.17) is 0 Å². The maximum Gasteiger partial charge on any atom is 0.0226 e. The Hall–Kier alpha value is -0.440. The van der Waals surface area contributed by atoms with Gasteiger partial charge in [-0.1, -0.05) is 19.8 Å². The highest BCUT2D eigenvalue weighted by Gasteiger charge is 2.14. The van der Waals surface area contributed by atoms with E-state index in [9.17, 15) is 0 Å². The summed E-state index contributed by atoms with van der Waals surface area (Å²) in [5.41, 5.74) is 0. The summed E-state index contributed by atoms with van der Waals surface area (Å²) >= 11 is 0. The van der Waals surface area contributed by atoms with Gasteiger partial charge in [0.15, 0.2) is 0 Å². The standard InChI is InChI=1S/C9H14/c1-3-9-7-5-4-6-8(9)2/h8-9H,3-4,6H2,1-2H3. The minimum Gasteiger partial charge on any atom is -0.103 e. The maximum absolute atomic E-state index is 3.27. The average Bonchev–Trinajstić information content (AvgIpc) is 1.89. The van der Waals surface area contributed by atoms with Gasteiger partial charge in [-0.15, -0.1) is 5.92 Å². The van der Waals surface area contributed by atoms with Crippen molar-refractivity contribution in [2.45, 2.75) is 33.1 Å². The summed E-state index contributed by atoms with van der Waals surface area (Å²) in [6.07, 6.45) is 3.66. The summed E-state index contributed by atoms with van der Waals surface area (Å²) in [6.45, 7) is 4.53. The molecule has 0 aromatic heterocycles. The second kappa shape index (κ2) is 2.92. The van der Waals surface area contributed by atoms with Gasteiger partial charge in [-0.05, 0) is 18.8 Å². The average molecular weight is 122 g/mol. The first-order valence-corrected chi connectivity index (χ1v) is 3.83. The summed E-state index contributed by atoms with van der Waals surface area (Å²) in [5.74, 6) is 7.97. The Labute approximate surface area is 57.7 Å². The third kappa shape index (κ3) is 1.48. The Balaban J connectivity index is 2.53. The van der Waals surface area contributed by atoms with Crippen molar-refractivity contribution < 1.29 is 0 Å². The minimum absolute atomic E-state index is 0.693. The molecule has 0 saturated carbocycles. The fourth-order valence-electron chi connectivity index (χ4n) is 1.35. The summed E-state index contributed by atoms with van der Waals surface area (Å²) < 4.78 is 0. The van der Waals surface area contributed by atoms with Gasteiger partial charge in [-0.2, -0.15) is 0 Å². The molecule has 0 radical (unpaired) electrons. The van der Waals surface area contributed by atoms with E-state index in [1.807, 2.05) is 0 Å². The van der Waals surface area contributed by atoms with Crippen LogP contribution in [0.4, 0.5) is 0 Å². The second-order valence-corrected chi connectivity index (χ2v) is 2.85. The van der Waals surface area contributed by atoms with Gasteiger partial charge in [0.05, 0.1) is 0 Å². The van der Waals surface area contributed by atoms with Crippen molar-refractivity contribution in [1.82, 2.24) is 0 Å². The van der Waals surface area contributed by atoms with E-state index in [0.29, 0.717) is 5.92 Å². The quantitative estimate of drug-likeness (QED) is 0.469. The van der Waals surface area contributed by atoms with Crippen LogP contribution in [0.5, 0.6) is 0 Å². The number of rotatable bonds is 1. The summed E-state index contributed by atoms with van der Waals surface area (Å²) in [7, 11) is 0. The molecule has 2 atom stereocenters. The molecule has 50 valence electrons. The molecule has 0 heteroatoms. The Bertz CT molecular complexity index is 136. The molecule has 0 nitrogen and oxygen atoms in total. The highest BCUT2D eigenvalue weighted by molar-refractivity contribution is 5.08. The molecule has 1 aliphatic carbocycles. The van der Waals surface area contributed by atoms with Crippen LogP contribution in [0.25, 0.3) is 0 Å². The monoisotopic (exact) mass is 122 g/mol. The zero-order valence-corrected chi connectivity index (χ0v) is 6.28. The van der Waals surface area contributed by atoms with Crippen LogP contribution >= 0.6 is 0 Å². The van der Waals surface area contributed by atoms with Crippen LogP contribution in [0, 0.1) is 23.7 Å². The first kappa shape index (κ1) is 6.68. The third-order valence-corrected chi connectivity index (χ3v) is 2.14. The molecule has 9 heavy (non-hydrogen) atoms. The lowest BCUT2D eigenvalue weighted by Gasteiger charge is -2.18. The topological polar surface area (TPSA) is 0 Å². The van der Waals surface area contributed by atoms with Crippen molar-refractivity contribution in [1.29, 1.82) is 0 Å². The molecule has 1 aliphatic rings. The van der Waals surface area contributed by atoms with Crippen molar-refractivity contribution >= 4 is 0 Å². The van der Waals surface area contributed by atoms with Crippen LogP contribution in [0.2, 0.25) is 0 Å². The van der Waals surface area contributed by atoms with Crippen molar-refractivity contribution in [2.75, 3.05) is 0 Å². The van der Waals surface area contributed by atoms with E-state index < -0.39 is 0 Å². The summed E-state index contributed by atoms with van der Waals surface area (Å²) in [4.78, 5) is 0. The Morgan fingerprint density at radius 2 is 2.33 bits per heavy atom. The largest absolute Gasteiger partial charge is 0.103 e. The molecule has 0 bridgehead atoms. The molecular formula is C9H14. The lowest BCUT2D eigenvalue weighted by atomic mass is 9.85. The molecule has 0 aromatic rings. The van der Waals surface area contributed by atoms with Crippen LogP contribution in [-0.2, 0) is 0 Å². The molecule has 0 amide bonds. The van der Waals surface area contributed by atoms with E-state index in [-0.39, 0.29) is 0 Å². The molecule has 0 fully saturated rings. The lowest BCUT2D eigenvalue weighted by molar-refractivity contribution is 0.398. The Morgan fingerprint density at radius 1 is 1.56 bits per heavy atom. The van der Waals surface area contributed by atoms with Gasteiger partial charge in [0.1, 0.15) is 0 Å². The number of hydrogen-bond acceptors (Lipinski definition) is 0. The van der Waals surface area contributed by atoms with Gasteiger partial charge >= 0.3 is 0 Å². The third-order valence-electron chi connectivity index (χ3n) is 2.14. The van der Waals surface area contributed by atoms with E-state index >= 15 is 0 Å². The highest BCUT2D eigenvalue weighted by Crippen LogP contribution is 2.22. The lowest BCUT2D eigenvalue weighted by Crippen LogP contribution is -2.11. The van der Waals surface area contributed by atoms with Crippen LogP contribution in [0.15, 0.2) is 0 Å². The molecule has 0 heterocycles. The van der Waals surface area contributed by atoms with Crippen LogP contribution < -0.4 is 0 Å². The fourth-order valence-corrected chi connectivity index (χ4v) is 1.35. The van der Waals surface area contributed by atoms with Gasteiger partial charge in [-0.25, -0.2) is 0 Å². The SMILES string of the molecule is CCC1C#CCCC1C. The van der Waals surface area contributed by atoms with Gasteiger partial charge in [0.25, 0.3) is 0 Å². The zero-order chi connectivity index (χ0) is 6.69. The van der Waals surface area contributed by atoms with E-state index in [0.717, 1.165) is 12.3 Å². The van der Waals surface area contributed by atoms with E-state index in [1.54, 1.807) is 0 Å². The van der Waals surface area contributed by atoms with Crippen molar-refractivity contribution in [3.05, 3.63) is 0 Å². The van der Waals surface area contributed by atoms with E-state index in [1.165, 1.54) is 12.8 Å². The molecule has 0 saturated heterocycles. The normalized spacial score (nSPS) is 33.1. The molecule has 2 unspecified atom stereocenters. The predicted molar refractivity (Wildman–Crippen MR) is 40.0 cm³/mol. The van der Waals surface area contributed by atoms with E-state index in [2.05, 4.69) is 25.7 Å². The van der Waals surface area contributed by atoms with Crippen molar-refractivity contribution in [3.63, 3.8) is 0 Å². The summed E-state index contributed by atoms with van der Waals surface area (Å²) in [5, 5.41) is 0. The van der Waals surface area contributed by atoms with Crippen molar-refractivity contribution in [2.24, 2.45) is 11.8 Å². The van der Waals surface area contributed by atoms with Gasteiger partial charge in [-0.3, -0.25) is 0 Å². The molecular weight excluding hydrogens is 108 g/mol. The fraction of sp³-hybridized carbons (Fsp3) is 0.778. The van der Waals surface area contributed by atoms with Gasteiger partial charge in [0, 0.05) is 12.3 Å². The maximum atomic E-state index is 3.27. The van der Waals surface area contributed by atoms with Gasteiger partial charge in [0.2, 0.25) is 0 Å². The zero-order valence-electron chi connectivity index (χ0n) is 6.28. The molecule has 0 N–H and O–H groups in total. The Morgan fingerprint density at radius 3 is 2.78 bits per heavy atom. The van der Waals surface area contributed by atoms with Gasteiger partial charge < -0.3 is 0 Å². The predicted octanol–water partition coefficient (Wildman–Crippen LogP) is 2.45. The van der Waals surface area contributed by atoms with Crippen LogP contribution in [0.1, 0.15) is 33.1 Å². The molecule has 0 aliphatic heterocycles. The van der Waals surface area contributed by atoms with Crippen molar-refractivity contribution in [3.8, 4) is 11.8 Å². The Kier molecular flexibility index (Phi) is 2.16. The summed E-state index contributed by atoms with van der Waals surface area (Å²) in [6, 6.07) is 0. The first-order valence-electron chi connectivity index (χ1n) is 3.83. The highest BCUT2D eigenvalue weighted by atomic mass is 14.2. The first-order chi connectivity index (χ1) is 4.34. The van der Waals surface area contributed by atoms with Crippen LogP contribution in [0.3, 0.4) is 0 Å². The minimum atomic E-state index is 0.693. The molecule has 1 rings (SSSR count). The smallest absolute Gasteiger partial charge is 0.0226 e. The van der Waals surface area contributed by atoms with Crippen LogP contribution in [-0.4, -0.2) is 0 Å².